The van der Waals surface area contributed by atoms with Gasteiger partial charge in [0, 0.05) is 43.9 Å². The highest BCUT2D eigenvalue weighted by atomic mass is 35.5. The van der Waals surface area contributed by atoms with Gasteiger partial charge in [0.15, 0.2) is 5.65 Å². The number of hydrogen-bond acceptors (Lipinski definition) is 9. The molecule has 4 heterocycles. The minimum absolute atomic E-state index is 0.209. The molecule has 13 heteroatoms. The molecule has 3 N–H and O–H groups in total. The molecular weight excluding hydrogens is 558 g/mol. The molecule has 0 unspecified atom stereocenters. The van der Waals surface area contributed by atoms with E-state index in [2.05, 4.69) is 19.9 Å². The number of nitrogens with zero attached hydrogens (tertiary/aromatic N) is 4. The van der Waals surface area contributed by atoms with Crippen molar-refractivity contribution in [2.45, 2.75) is 55.7 Å². The zero-order valence-electron chi connectivity index (χ0n) is 22.1. The van der Waals surface area contributed by atoms with Crippen LogP contribution in [0, 0.1) is 0 Å². The van der Waals surface area contributed by atoms with Crippen molar-refractivity contribution in [1.29, 1.82) is 0 Å². The fourth-order valence-electron chi connectivity index (χ4n) is 5.83. The lowest BCUT2D eigenvalue weighted by molar-refractivity contribution is -0.131. The average molecular weight is 592 g/mol. The Morgan fingerprint density at radius 1 is 1.10 bits per heavy atom. The van der Waals surface area contributed by atoms with Crippen molar-refractivity contribution in [1.82, 2.24) is 19.3 Å². The van der Waals surface area contributed by atoms with E-state index in [1.165, 1.54) is 0 Å². The summed E-state index contributed by atoms with van der Waals surface area (Å²) in [6, 6.07) is 9.94. The number of hydrogen-bond donors (Lipinski definition) is 3. The summed E-state index contributed by atoms with van der Waals surface area (Å²) >= 11 is 6.59. The van der Waals surface area contributed by atoms with Crippen LogP contribution in [0.25, 0.3) is 22.4 Å². The predicted octanol–water partition coefficient (Wildman–Crippen LogP) is 2.56. The van der Waals surface area contributed by atoms with Gasteiger partial charge in [0.25, 0.3) is 6.01 Å². The Kier molecular flexibility index (Phi) is 7.90. The van der Waals surface area contributed by atoms with Crippen molar-refractivity contribution in [3.63, 3.8) is 0 Å². The molecule has 3 aliphatic rings. The number of aliphatic hydroxyl groups is 2. The molecule has 1 aliphatic carbocycles. The zero-order valence-corrected chi connectivity index (χ0v) is 23.6. The zero-order chi connectivity index (χ0) is 27.9. The molecular formula is C27H34ClN5O6S. The summed E-state index contributed by atoms with van der Waals surface area (Å²) in [5, 5.41) is 19.6. The number of pyridine rings is 1. The number of aromatic amines is 1. The molecule has 1 saturated carbocycles. The first-order chi connectivity index (χ1) is 19.3. The number of ether oxygens (including phenoxy) is 2. The van der Waals surface area contributed by atoms with Crippen molar-refractivity contribution in [3.05, 3.63) is 35.4 Å². The molecule has 216 valence electrons. The number of piperazine rings is 1. The molecule has 6 rings (SSSR count). The minimum atomic E-state index is -3.21. The second-order valence-electron chi connectivity index (χ2n) is 10.7. The van der Waals surface area contributed by atoms with Crippen LogP contribution in [0.3, 0.4) is 0 Å². The third-order valence-corrected chi connectivity index (χ3v) is 10.8. The number of sulfonamides is 1. The second-order valence-corrected chi connectivity index (χ2v) is 13.3. The van der Waals surface area contributed by atoms with Crippen LogP contribution in [-0.4, -0.2) is 101 Å². The Morgan fingerprint density at radius 2 is 1.82 bits per heavy atom. The summed E-state index contributed by atoms with van der Waals surface area (Å²) in [5.41, 5.74) is 3.52. The molecule has 11 nitrogen and oxygen atoms in total. The van der Waals surface area contributed by atoms with Crippen molar-refractivity contribution in [2.24, 2.45) is 0 Å². The highest BCUT2D eigenvalue weighted by molar-refractivity contribution is 7.89. The van der Waals surface area contributed by atoms with Crippen LogP contribution in [0.2, 0.25) is 5.02 Å². The number of halogens is 1. The fourth-order valence-corrected chi connectivity index (χ4v) is 8.11. The lowest BCUT2D eigenvalue weighted by atomic mass is 10.0. The molecule has 2 aliphatic heterocycles. The standard InChI is InChI=1S/C27H34ClN5O6S/c28-21-14-22-26(31-27(29-22)39-19-13-23(35)24(15-34)38-16-19)30-25(21)17-5-7-18(8-6-17)32-9-11-33(12-10-32)40(36,37)20-3-1-2-4-20/h5-8,14,19-20,23-24,34-35H,1-4,9-13,15-16H2,(H,29,30,31)/t19-,23+,24-/m1/s1. The smallest absolute Gasteiger partial charge is 0.296 e. The van der Waals surface area contributed by atoms with Crippen molar-refractivity contribution < 1.29 is 28.1 Å². The number of aromatic nitrogens is 3. The molecule has 0 amide bonds. The Hall–Kier alpha value is -2.48. The minimum Gasteiger partial charge on any atom is -0.459 e. The molecule has 0 radical (unpaired) electrons. The van der Waals surface area contributed by atoms with Gasteiger partial charge in [-0.15, -0.1) is 0 Å². The molecule has 2 saturated heterocycles. The van der Waals surface area contributed by atoms with Gasteiger partial charge in [-0.05, 0) is 31.0 Å². The Morgan fingerprint density at radius 3 is 2.50 bits per heavy atom. The van der Waals surface area contributed by atoms with Gasteiger partial charge < -0.3 is 29.6 Å². The number of nitrogens with one attached hydrogen (secondary N) is 1. The van der Waals surface area contributed by atoms with E-state index in [0.29, 0.717) is 54.5 Å². The van der Waals surface area contributed by atoms with Gasteiger partial charge in [0.05, 0.1) is 40.8 Å². The second kappa shape index (κ2) is 11.4. The fraction of sp³-hybridized carbons (Fsp3) is 0.556. The number of fused-ring (bicyclic) bond motifs is 1. The summed E-state index contributed by atoms with van der Waals surface area (Å²) in [4.78, 5) is 14.4. The largest absolute Gasteiger partial charge is 0.459 e. The lowest BCUT2D eigenvalue weighted by Crippen LogP contribution is -2.50. The summed E-state index contributed by atoms with van der Waals surface area (Å²) in [5.74, 6) is 0. The van der Waals surface area contributed by atoms with Gasteiger partial charge in [-0.1, -0.05) is 36.6 Å². The van der Waals surface area contributed by atoms with Crippen molar-refractivity contribution >= 4 is 38.5 Å². The van der Waals surface area contributed by atoms with Crippen LogP contribution in [0.4, 0.5) is 5.69 Å². The van der Waals surface area contributed by atoms with E-state index in [4.69, 9.17) is 21.1 Å². The van der Waals surface area contributed by atoms with Gasteiger partial charge in [-0.3, -0.25) is 0 Å². The molecule has 3 fully saturated rings. The van der Waals surface area contributed by atoms with Crippen LogP contribution in [0.1, 0.15) is 32.1 Å². The topological polar surface area (TPSA) is 141 Å². The van der Waals surface area contributed by atoms with Gasteiger partial charge in [0.2, 0.25) is 10.0 Å². The highest BCUT2D eigenvalue weighted by Gasteiger charge is 2.36. The molecule has 0 bridgehead atoms. The Balaban J connectivity index is 1.11. The van der Waals surface area contributed by atoms with Crippen LogP contribution in [0.15, 0.2) is 30.3 Å². The number of benzene rings is 1. The van der Waals surface area contributed by atoms with E-state index < -0.39 is 28.3 Å². The molecule has 3 atom stereocenters. The van der Waals surface area contributed by atoms with Crippen molar-refractivity contribution in [2.75, 3.05) is 44.3 Å². The SMILES string of the molecule is O=S(=O)(C1CCCC1)N1CCN(c2ccc(-c3nc4nc(O[C@H]5CO[C@H](CO)[C@@H](O)C5)[nH]c4cc3Cl)cc2)CC1. The maximum Gasteiger partial charge on any atom is 0.296 e. The van der Waals surface area contributed by atoms with E-state index in [9.17, 15) is 18.6 Å². The monoisotopic (exact) mass is 591 g/mol. The van der Waals surface area contributed by atoms with Crippen LogP contribution in [0.5, 0.6) is 6.01 Å². The molecule has 0 spiro atoms. The maximum atomic E-state index is 12.9. The molecule has 40 heavy (non-hydrogen) atoms. The maximum absolute atomic E-state index is 12.9. The van der Waals surface area contributed by atoms with E-state index in [1.54, 1.807) is 10.4 Å². The van der Waals surface area contributed by atoms with E-state index in [0.717, 1.165) is 36.9 Å². The van der Waals surface area contributed by atoms with Gasteiger partial charge in [-0.25, -0.2) is 13.4 Å². The first-order valence-corrected chi connectivity index (χ1v) is 15.7. The summed E-state index contributed by atoms with van der Waals surface area (Å²) in [6.07, 6.45) is 2.06. The number of anilines is 1. The average Bonchev–Trinajstić information content (AvgIpc) is 3.63. The van der Waals surface area contributed by atoms with Crippen molar-refractivity contribution in [3.8, 4) is 17.3 Å². The van der Waals surface area contributed by atoms with Crippen LogP contribution in [-0.2, 0) is 14.8 Å². The highest BCUT2D eigenvalue weighted by Crippen LogP contribution is 2.32. The molecule has 3 aromatic rings. The van der Waals surface area contributed by atoms with Gasteiger partial charge in [-0.2, -0.15) is 9.29 Å². The number of H-pyrrole nitrogens is 1. The third kappa shape index (κ3) is 5.53. The quantitative estimate of drug-likeness (QED) is 0.378. The first-order valence-electron chi connectivity index (χ1n) is 13.8. The van der Waals surface area contributed by atoms with Crippen LogP contribution < -0.4 is 9.64 Å². The van der Waals surface area contributed by atoms with Gasteiger partial charge >= 0.3 is 0 Å². The van der Waals surface area contributed by atoms with E-state index in [-0.39, 0.29) is 24.5 Å². The van der Waals surface area contributed by atoms with E-state index >= 15 is 0 Å². The summed E-state index contributed by atoms with van der Waals surface area (Å²) < 4.78 is 38.9. The molecule has 2 aromatic heterocycles. The summed E-state index contributed by atoms with van der Waals surface area (Å²) in [7, 11) is -3.21. The number of rotatable bonds is 7. The normalized spacial score (nSPS) is 25.1. The summed E-state index contributed by atoms with van der Waals surface area (Å²) in [6.45, 7) is 2.29. The van der Waals surface area contributed by atoms with Crippen LogP contribution >= 0.6 is 11.6 Å². The van der Waals surface area contributed by atoms with E-state index in [1.807, 2.05) is 24.3 Å². The Bertz CT molecular complexity index is 1440. The lowest BCUT2D eigenvalue weighted by Gasteiger charge is -2.36. The number of imidazole rings is 1. The predicted molar refractivity (Wildman–Crippen MR) is 151 cm³/mol. The number of aliphatic hydroxyl groups excluding tert-OH is 2. The Labute approximate surface area is 238 Å². The van der Waals surface area contributed by atoms with Gasteiger partial charge in [0.1, 0.15) is 12.2 Å². The third-order valence-electron chi connectivity index (χ3n) is 8.12. The first kappa shape index (κ1) is 27.7. The molecule has 1 aromatic carbocycles.